The molecule has 2 heterocycles. The summed E-state index contributed by atoms with van der Waals surface area (Å²) in [5.74, 6) is -0.488. The molecule has 0 aromatic heterocycles. The average molecular weight is 358 g/mol. The van der Waals surface area contributed by atoms with Gasteiger partial charge in [-0.3, -0.25) is 14.5 Å². The molecule has 0 N–H and O–H groups in total. The molecule has 0 bridgehead atoms. The fraction of sp³-hybridized carbons (Fsp3) is 0.217. The first kappa shape index (κ1) is 17.3. The van der Waals surface area contributed by atoms with Gasteiger partial charge >= 0.3 is 0 Å². The topological polar surface area (TPSA) is 40.6 Å². The second-order valence-corrected chi connectivity index (χ2v) is 7.08. The summed E-state index contributed by atoms with van der Waals surface area (Å²) in [5.41, 5.74) is 6.14. The number of imide groups is 1. The maximum atomic E-state index is 13.2. The SMILES string of the molecule is C=CCN1C(=O)C(c2ccc(C)cc2C)=C(N2CCc3ccccc32)C1=O. The zero-order valence-corrected chi connectivity index (χ0v) is 15.7. The van der Waals surface area contributed by atoms with E-state index in [9.17, 15) is 9.59 Å². The molecule has 4 rings (SSSR count). The summed E-state index contributed by atoms with van der Waals surface area (Å²) < 4.78 is 0. The maximum Gasteiger partial charge on any atom is 0.278 e. The van der Waals surface area contributed by atoms with Crippen molar-refractivity contribution in [3.05, 3.63) is 83.1 Å². The Hall–Kier alpha value is -3.14. The molecule has 0 fully saturated rings. The molecule has 0 saturated heterocycles. The van der Waals surface area contributed by atoms with Crippen LogP contribution >= 0.6 is 0 Å². The molecule has 0 atom stereocenters. The highest BCUT2D eigenvalue weighted by Crippen LogP contribution is 2.39. The normalized spacial score (nSPS) is 16.4. The second kappa shape index (κ2) is 6.54. The molecular weight excluding hydrogens is 336 g/mol. The van der Waals surface area contributed by atoms with Crippen molar-refractivity contribution < 1.29 is 9.59 Å². The van der Waals surface area contributed by atoms with E-state index in [0.29, 0.717) is 17.8 Å². The Labute approximate surface area is 159 Å². The minimum atomic E-state index is -0.244. The standard InChI is InChI=1S/C23H22N2O2/c1-4-12-25-22(26)20(18-10-9-15(2)14-16(18)3)21(23(25)27)24-13-11-17-7-5-6-8-19(17)24/h4-10,14H,1,11-13H2,2-3H3. The molecule has 2 aliphatic rings. The van der Waals surface area contributed by atoms with Crippen LogP contribution in [-0.2, 0) is 16.0 Å². The number of para-hydroxylation sites is 1. The van der Waals surface area contributed by atoms with Crippen LogP contribution in [0, 0.1) is 13.8 Å². The third-order valence-electron chi connectivity index (χ3n) is 5.26. The van der Waals surface area contributed by atoms with Crippen LogP contribution in [0.2, 0.25) is 0 Å². The smallest absolute Gasteiger partial charge is 0.278 e. The van der Waals surface area contributed by atoms with Gasteiger partial charge in [0, 0.05) is 18.8 Å². The Morgan fingerprint density at radius 1 is 1.07 bits per heavy atom. The maximum absolute atomic E-state index is 13.2. The van der Waals surface area contributed by atoms with Gasteiger partial charge in [-0.05, 0) is 43.0 Å². The van der Waals surface area contributed by atoms with Crippen LogP contribution in [0.25, 0.3) is 5.57 Å². The molecule has 136 valence electrons. The second-order valence-electron chi connectivity index (χ2n) is 7.08. The van der Waals surface area contributed by atoms with E-state index < -0.39 is 0 Å². The van der Waals surface area contributed by atoms with E-state index >= 15 is 0 Å². The van der Waals surface area contributed by atoms with Gasteiger partial charge in [0.25, 0.3) is 11.8 Å². The van der Waals surface area contributed by atoms with Crippen molar-refractivity contribution in [2.24, 2.45) is 0 Å². The molecule has 27 heavy (non-hydrogen) atoms. The van der Waals surface area contributed by atoms with Crippen LogP contribution < -0.4 is 4.90 Å². The first-order valence-electron chi connectivity index (χ1n) is 9.17. The van der Waals surface area contributed by atoms with E-state index in [-0.39, 0.29) is 18.4 Å². The predicted molar refractivity (Wildman–Crippen MR) is 107 cm³/mol. The number of benzene rings is 2. The number of carbonyl (C=O) groups excluding carboxylic acids is 2. The number of anilines is 1. The fourth-order valence-corrected chi connectivity index (χ4v) is 4.02. The van der Waals surface area contributed by atoms with Crippen LogP contribution in [0.1, 0.15) is 22.3 Å². The number of hydrogen-bond acceptors (Lipinski definition) is 3. The van der Waals surface area contributed by atoms with E-state index in [1.165, 1.54) is 10.5 Å². The largest absolute Gasteiger partial charge is 0.336 e. The molecule has 0 saturated carbocycles. The van der Waals surface area contributed by atoms with E-state index in [1.807, 2.05) is 55.1 Å². The van der Waals surface area contributed by atoms with Gasteiger partial charge in [0.1, 0.15) is 5.70 Å². The summed E-state index contributed by atoms with van der Waals surface area (Å²) in [4.78, 5) is 29.7. The lowest BCUT2D eigenvalue weighted by molar-refractivity contribution is -0.136. The van der Waals surface area contributed by atoms with Crippen molar-refractivity contribution in [1.82, 2.24) is 4.90 Å². The summed E-state index contributed by atoms with van der Waals surface area (Å²) >= 11 is 0. The summed E-state index contributed by atoms with van der Waals surface area (Å²) in [5, 5.41) is 0. The van der Waals surface area contributed by atoms with Crippen molar-refractivity contribution in [3.8, 4) is 0 Å². The Morgan fingerprint density at radius 3 is 2.59 bits per heavy atom. The van der Waals surface area contributed by atoms with Gasteiger partial charge in [0.05, 0.1) is 5.57 Å². The van der Waals surface area contributed by atoms with Crippen LogP contribution in [0.15, 0.2) is 60.8 Å². The van der Waals surface area contributed by atoms with E-state index in [2.05, 4.69) is 12.6 Å². The van der Waals surface area contributed by atoms with E-state index in [0.717, 1.165) is 28.8 Å². The molecule has 2 amide bonds. The molecule has 0 spiro atoms. The summed E-state index contributed by atoms with van der Waals surface area (Å²) in [7, 11) is 0. The van der Waals surface area contributed by atoms with Crippen LogP contribution in [0.3, 0.4) is 0 Å². The first-order chi connectivity index (χ1) is 13.0. The van der Waals surface area contributed by atoms with Crippen molar-refractivity contribution >= 4 is 23.1 Å². The van der Waals surface area contributed by atoms with Crippen molar-refractivity contribution in [1.29, 1.82) is 0 Å². The Kier molecular flexibility index (Phi) is 4.19. The van der Waals surface area contributed by atoms with Gasteiger partial charge in [0.2, 0.25) is 0 Å². The third kappa shape index (κ3) is 2.69. The highest BCUT2D eigenvalue weighted by molar-refractivity contribution is 6.37. The van der Waals surface area contributed by atoms with Gasteiger partial charge in [-0.15, -0.1) is 6.58 Å². The Balaban J connectivity index is 1.92. The highest BCUT2D eigenvalue weighted by Gasteiger charge is 2.43. The minimum absolute atomic E-state index is 0.213. The Morgan fingerprint density at radius 2 is 1.85 bits per heavy atom. The third-order valence-corrected chi connectivity index (χ3v) is 5.26. The lowest BCUT2D eigenvalue weighted by atomic mass is 9.97. The van der Waals surface area contributed by atoms with Crippen molar-refractivity contribution in [2.75, 3.05) is 18.0 Å². The number of carbonyl (C=O) groups is 2. The highest BCUT2D eigenvalue weighted by atomic mass is 16.2. The number of hydrogen-bond donors (Lipinski definition) is 0. The number of rotatable bonds is 4. The molecule has 0 radical (unpaired) electrons. The van der Waals surface area contributed by atoms with Crippen LogP contribution in [-0.4, -0.2) is 29.8 Å². The van der Waals surface area contributed by atoms with E-state index in [4.69, 9.17) is 0 Å². The minimum Gasteiger partial charge on any atom is -0.336 e. The summed E-state index contributed by atoms with van der Waals surface area (Å²) in [6, 6.07) is 14.1. The monoisotopic (exact) mass is 358 g/mol. The molecule has 2 aromatic carbocycles. The number of aryl methyl sites for hydroxylation is 2. The molecular formula is C23H22N2O2. The summed E-state index contributed by atoms with van der Waals surface area (Å²) in [6.07, 6.45) is 2.46. The van der Waals surface area contributed by atoms with Crippen LogP contribution in [0.4, 0.5) is 5.69 Å². The van der Waals surface area contributed by atoms with Gasteiger partial charge in [-0.1, -0.05) is 48.0 Å². The van der Waals surface area contributed by atoms with Gasteiger partial charge in [-0.2, -0.15) is 0 Å². The number of amides is 2. The van der Waals surface area contributed by atoms with Crippen LogP contribution in [0.5, 0.6) is 0 Å². The first-order valence-corrected chi connectivity index (χ1v) is 9.17. The van der Waals surface area contributed by atoms with Gasteiger partial charge in [-0.25, -0.2) is 0 Å². The molecule has 4 heteroatoms. The molecule has 2 aromatic rings. The molecule has 0 aliphatic carbocycles. The quantitative estimate of drug-likeness (QED) is 0.619. The number of fused-ring (bicyclic) bond motifs is 1. The van der Waals surface area contributed by atoms with Gasteiger partial charge in [0.15, 0.2) is 0 Å². The lowest BCUT2D eigenvalue weighted by Crippen LogP contribution is -2.34. The van der Waals surface area contributed by atoms with Crippen molar-refractivity contribution in [3.63, 3.8) is 0 Å². The van der Waals surface area contributed by atoms with E-state index in [1.54, 1.807) is 6.08 Å². The predicted octanol–water partition coefficient (Wildman–Crippen LogP) is 3.63. The molecule has 0 unspecified atom stereocenters. The average Bonchev–Trinajstić information content (AvgIpc) is 3.16. The molecule has 2 aliphatic heterocycles. The fourth-order valence-electron chi connectivity index (χ4n) is 4.02. The van der Waals surface area contributed by atoms with Crippen molar-refractivity contribution in [2.45, 2.75) is 20.3 Å². The number of nitrogens with zero attached hydrogens (tertiary/aromatic N) is 2. The lowest BCUT2D eigenvalue weighted by Gasteiger charge is -2.21. The van der Waals surface area contributed by atoms with Gasteiger partial charge < -0.3 is 4.90 Å². The Bertz CT molecular complexity index is 1000. The summed E-state index contributed by atoms with van der Waals surface area (Å²) in [6.45, 7) is 8.62. The zero-order valence-electron chi connectivity index (χ0n) is 15.7. The molecule has 4 nitrogen and oxygen atoms in total. The zero-order chi connectivity index (χ0) is 19.1.